The summed E-state index contributed by atoms with van der Waals surface area (Å²) in [5.74, 6) is -18.8. The van der Waals surface area contributed by atoms with E-state index in [4.69, 9.17) is 34.4 Å². The number of carboxylic acids is 1. The molecule has 0 aliphatic rings. The molecule has 0 aromatic heterocycles. The molecule has 0 aliphatic heterocycles. The van der Waals surface area contributed by atoms with Gasteiger partial charge in [-0.1, -0.05) is 12.1 Å². The number of aliphatic imine (C=N–C) groups is 3. The number of rotatable bonds is 35. The lowest BCUT2D eigenvalue weighted by molar-refractivity contribution is -0.141. The number of thioether (sulfide) groups is 1. The highest BCUT2D eigenvalue weighted by atomic mass is 127. The molecule has 0 aliphatic carbocycles. The van der Waals surface area contributed by atoms with Crippen LogP contribution in [0.3, 0.4) is 0 Å². The van der Waals surface area contributed by atoms with E-state index in [-0.39, 0.29) is 93.7 Å². The molecule has 0 saturated carbocycles. The monoisotopic (exact) mass is 1380 g/mol. The lowest BCUT2D eigenvalue weighted by atomic mass is 10.0. The average molecular weight is 1380 g/mol. The number of carbonyl (C=O) groups is 8. The summed E-state index contributed by atoms with van der Waals surface area (Å²) in [4.78, 5) is 119. The first-order valence-electron chi connectivity index (χ1n) is 24.0. The normalized spacial score (nSPS) is 13.7. The molecule has 80 heavy (non-hydrogen) atoms. The van der Waals surface area contributed by atoms with Gasteiger partial charge in [-0.05, 0) is 81.6 Å². The predicted molar refractivity (Wildman–Crippen MR) is 303 cm³/mol. The first-order chi connectivity index (χ1) is 37.7. The Bertz CT molecular complexity index is 2590. The maximum atomic E-state index is 14.2. The first-order valence-corrected chi connectivity index (χ1v) is 27.5. The van der Waals surface area contributed by atoms with Crippen LogP contribution in [0.2, 0.25) is 0 Å². The van der Waals surface area contributed by atoms with Crippen LogP contribution in [-0.2, 0) is 44.8 Å². The molecule has 6 amide bonds. The number of benzene rings is 2. The summed E-state index contributed by atoms with van der Waals surface area (Å²) in [6, 6.07) is -4.66. The molecule has 0 spiro atoms. The van der Waals surface area contributed by atoms with Gasteiger partial charge in [-0.2, -0.15) is 16.9 Å². The van der Waals surface area contributed by atoms with Gasteiger partial charge in [0.2, 0.25) is 45.1 Å². The van der Waals surface area contributed by atoms with Crippen molar-refractivity contribution in [1.29, 1.82) is 0 Å². The Labute approximate surface area is 486 Å². The summed E-state index contributed by atoms with van der Waals surface area (Å²) in [5, 5.41) is 31.4. The summed E-state index contributed by atoms with van der Waals surface area (Å²) >= 11 is 4.59. The van der Waals surface area contributed by atoms with Crippen LogP contribution < -0.4 is 69.8 Å². The third-order valence-electron chi connectivity index (χ3n) is 11.0. The topological polar surface area (TPSA) is 459 Å². The fourth-order valence-corrected chi connectivity index (χ4v) is 8.38. The number of nitrogens with two attached hydrogens (primary N) is 6. The van der Waals surface area contributed by atoms with Crippen LogP contribution in [0.5, 0.6) is 0 Å². The number of carbonyl (C=O) groups excluding carboxylic acids is 7. The van der Waals surface area contributed by atoms with Gasteiger partial charge in [-0.15, -0.1) is 5.11 Å². The molecule has 0 saturated heterocycles. The van der Waals surface area contributed by atoms with E-state index in [2.05, 4.69) is 60.6 Å². The van der Waals surface area contributed by atoms with Crippen LogP contribution in [0.1, 0.15) is 63.9 Å². The number of nitrogens with zero attached hydrogens (tertiary/aromatic N) is 5. The van der Waals surface area contributed by atoms with Gasteiger partial charge >= 0.3 is 5.97 Å². The van der Waals surface area contributed by atoms with E-state index in [1.54, 1.807) is 29.1 Å². The van der Waals surface area contributed by atoms with E-state index in [1.165, 1.54) is 65.5 Å². The van der Waals surface area contributed by atoms with E-state index in [9.17, 15) is 65.4 Å². The zero-order valence-corrected chi connectivity index (χ0v) is 48.1. The van der Waals surface area contributed by atoms with Gasteiger partial charge in [0.1, 0.15) is 30.2 Å². The fraction of sp³-hybridized carbons (Fsp3) is 0.489. The van der Waals surface area contributed by atoms with Crippen LogP contribution in [0.25, 0.3) is 0 Å². The number of hydrogen-bond acceptors (Lipinski definition) is 15. The van der Waals surface area contributed by atoms with Gasteiger partial charge < -0.3 is 71.4 Å². The van der Waals surface area contributed by atoms with E-state index in [0.29, 0.717) is 12.2 Å². The van der Waals surface area contributed by atoms with Crippen LogP contribution in [-0.4, -0.2) is 142 Å². The molecule has 2 aromatic carbocycles. The molecule has 35 heteroatoms. The third-order valence-corrected chi connectivity index (χ3v) is 13.1. The highest BCUT2D eigenvalue weighted by molar-refractivity contribution is 14.1. The summed E-state index contributed by atoms with van der Waals surface area (Å²) < 4.78 is 71.8. The summed E-state index contributed by atoms with van der Waals surface area (Å²) in [6.07, 6.45) is 1.29. The largest absolute Gasteiger partial charge is 0.481 e. The Morgan fingerprint density at radius 1 is 0.550 bits per heavy atom. The maximum Gasteiger partial charge on any atom is 0.305 e. The van der Waals surface area contributed by atoms with Crippen molar-refractivity contribution in [3.05, 3.63) is 58.9 Å². The minimum absolute atomic E-state index is 0.00395. The molecule has 2 rings (SSSR count). The lowest BCUT2D eigenvalue weighted by Gasteiger charge is -2.26. The van der Waals surface area contributed by atoms with Crippen molar-refractivity contribution >= 4 is 132 Å². The van der Waals surface area contributed by atoms with Crippen LogP contribution in [0, 0.1) is 29.1 Å². The molecule has 2 aromatic rings. The fourth-order valence-electron chi connectivity index (χ4n) is 6.84. The summed E-state index contributed by atoms with van der Waals surface area (Å²) in [7, 11) is 0. The lowest BCUT2D eigenvalue weighted by Crippen LogP contribution is -2.59. The molecular weight excluding hydrogens is 1320 g/mol. The quantitative estimate of drug-likeness (QED) is 0.00410. The zero-order valence-electron chi connectivity index (χ0n) is 43.0. The van der Waals surface area contributed by atoms with Gasteiger partial charge in [0.15, 0.2) is 46.8 Å². The predicted octanol–water partition coefficient (Wildman–Crippen LogP) is -0.0729. The van der Waals surface area contributed by atoms with Crippen molar-refractivity contribution in [2.75, 3.05) is 31.6 Å². The maximum absolute atomic E-state index is 14.2. The molecule has 20 N–H and O–H groups in total. The second kappa shape index (κ2) is 35.8. The molecule has 0 radical (unpaired) electrons. The van der Waals surface area contributed by atoms with Crippen LogP contribution in [0.15, 0.2) is 49.5 Å². The highest BCUT2D eigenvalue weighted by Gasteiger charge is 2.34. The number of guanidine groups is 3. The van der Waals surface area contributed by atoms with Gasteiger partial charge in [0.25, 0.3) is 0 Å². The number of carboxylic acid groups (broad SMARTS) is 1. The molecule has 0 bridgehead atoms. The van der Waals surface area contributed by atoms with E-state index < -0.39 is 129 Å². The van der Waals surface area contributed by atoms with Gasteiger partial charge in [-0.3, -0.25) is 53.3 Å². The molecule has 442 valence electrons. The molecule has 7 unspecified atom stereocenters. The van der Waals surface area contributed by atoms with E-state index >= 15 is 0 Å². The zero-order chi connectivity index (χ0) is 60.2. The van der Waals surface area contributed by atoms with E-state index in [0.717, 1.165) is 0 Å². The Balaban J connectivity index is 2.43. The number of nitrogens with one attached hydrogen (secondary N) is 7. The Morgan fingerprint density at radius 2 is 0.950 bits per heavy atom. The van der Waals surface area contributed by atoms with Crippen molar-refractivity contribution in [3.63, 3.8) is 0 Å². The van der Waals surface area contributed by atoms with Crippen molar-refractivity contribution in [2.24, 2.45) is 59.6 Å². The van der Waals surface area contributed by atoms with Crippen LogP contribution >= 0.6 is 57.2 Å². The van der Waals surface area contributed by atoms with Crippen molar-refractivity contribution < 1.29 is 65.4 Å². The smallest absolute Gasteiger partial charge is 0.305 e. The minimum atomic E-state index is -2.40. The van der Waals surface area contributed by atoms with Crippen LogP contribution in [0.4, 0.5) is 33.3 Å². The SMILES string of the molecule is CSCCC(NC(=O)C(CCCN=C(N)N)NC(=O)C(C)NC(=O)C(CC(=O)O)NC(=O)C(Cc1ccc(N=Nc2c(F)c(F)c(F)c(F)c2F)cc1)NC(=O)C(CCCN=C(N)N)NI)C(=O)NC(CCCN=C(N)N)C(=O)I. The highest BCUT2D eigenvalue weighted by Crippen LogP contribution is 2.31. The molecule has 7 atom stereocenters. The minimum Gasteiger partial charge on any atom is -0.481 e. The number of amides is 6. The molecule has 0 heterocycles. The Kier molecular flexibility index (Phi) is 31.0. The number of halogens is 7. The van der Waals surface area contributed by atoms with Gasteiger partial charge in [0, 0.05) is 71.5 Å². The number of aliphatic carboxylic acids is 1. The second-order valence-electron chi connectivity index (χ2n) is 17.2. The number of hydrogen-bond donors (Lipinski definition) is 14. The standard InChI is InChI=1S/C45H63F5I2N18O9S/c1-20(37(74)64-24(7-4-15-60-44(55)56)38(75)65-25(13-17-80-2)39(76)63-23(36(51)73)6-3-14-59-43(53)54)62-41(78)28(19-29(71)72)67-42(79)27(66-40(77)26(68-52)8-5-16-61-45(57)58)18-21-9-11-22(12-10-21)69-70-35-33(49)31(47)30(46)32(48)34(35)50/h9-12,20,23-28,68H,3-8,13-19H2,1-2H3,(H,62,78)(H,63,76)(H,64,74)(H,65,75)(H,66,77)(H,67,79)(H,71,72)(H4,53,54,59)(H4,55,56,60)(H4,57,58,61). The Morgan fingerprint density at radius 3 is 1.43 bits per heavy atom. The summed E-state index contributed by atoms with van der Waals surface area (Å²) in [6.45, 7) is 1.50. The Hall–Kier alpha value is -6.77. The van der Waals surface area contributed by atoms with E-state index in [1.807, 2.05) is 0 Å². The average Bonchev–Trinajstić information content (AvgIpc) is 3.39. The van der Waals surface area contributed by atoms with Crippen molar-refractivity contribution in [3.8, 4) is 0 Å². The first kappa shape index (κ1) is 69.3. The number of azo groups is 1. The summed E-state index contributed by atoms with van der Waals surface area (Å²) in [5.41, 5.74) is 30.9. The van der Waals surface area contributed by atoms with Gasteiger partial charge in [0.05, 0.1) is 24.2 Å². The van der Waals surface area contributed by atoms with Crippen molar-refractivity contribution in [1.82, 2.24) is 35.4 Å². The third kappa shape index (κ3) is 24.7. The molecule has 0 fully saturated rings. The van der Waals surface area contributed by atoms with Gasteiger partial charge in [-0.25, -0.2) is 25.5 Å². The molecule has 27 nitrogen and oxygen atoms in total. The second-order valence-corrected chi connectivity index (χ2v) is 19.9. The van der Waals surface area contributed by atoms with Crippen molar-refractivity contribution in [2.45, 2.75) is 107 Å². The molecular formula is C45H63F5I2N18O9S.